The van der Waals surface area contributed by atoms with Crippen molar-refractivity contribution < 1.29 is 23.5 Å². The molecule has 0 saturated carbocycles. The van der Waals surface area contributed by atoms with Crippen molar-refractivity contribution in [1.82, 2.24) is 4.90 Å². The summed E-state index contributed by atoms with van der Waals surface area (Å²) >= 11 is 0. The van der Waals surface area contributed by atoms with Gasteiger partial charge in [0.05, 0.1) is 0 Å². The van der Waals surface area contributed by atoms with E-state index in [2.05, 4.69) is 0 Å². The van der Waals surface area contributed by atoms with Crippen LogP contribution in [0.15, 0.2) is 48.5 Å². The molecule has 0 aliphatic rings. The van der Waals surface area contributed by atoms with Crippen LogP contribution in [0.5, 0.6) is 5.75 Å². The molecule has 0 aliphatic heterocycles. The summed E-state index contributed by atoms with van der Waals surface area (Å²) in [6.07, 6.45) is 0.782. The smallest absolute Gasteiger partial charge is 0.344 e. The standard InChI is InChI=1S/C20H22FNO4/c1-3-15-8-5-7-11-18(15)25-14-20(24)26-13-19(23)22(2)12-16-9-4-6-10-17(16)21/h4-11H,3,12-14H2,1-2H3. The summed E-state index contributed by atoms with van der Waals surface area (Å²) in [4.78, 5) is 25.1. The fourth-order valence-electron chi connectivity index (χ4n) is 2.34. The molecule has 26 heavy (non-hydrogen) atoms. The Labute approximate surface area is 152 Å². The highest BCUT2D eigenvalue weighted by molar-refractivity contribution is 5.80. The van der Waals surface area contributed by atoms with Gasteiger partial charge in [-0.2, -0.15) is 0 Å². The number of amides is 1. The molecule has 2 aromatic carbocycles. The van der Waals surface area contributed by atoms with Crippen LogP contribution in [-0.4, -0.2) is 37.0 Å². The van der Waals surface area contributed by atoms with Crippen molar-refractivity contribution in [2.45, 2.75) is 19.9 Å². The number of nitrogens with zero attached hydrogens (tertiary/aromatic N) is 1. The minimum Gasteiger partial charge on any atom is -0.482 e. The minimum absolute atomic E-state index is 0.101. The van der Waals surface area contributed by atoms with Gasteiger partial charge in [0.1, 0.15) is 11.6 Å². The lowest BCUT2D eigenvalue weighted by Gasteiger charge is -2.17. The first-order chi connectivity index (χ1) is 12.5. The number of ether oxygens (including phenoxy) is 2. The van der Waals surface area contributed by atoms with Gasteiger partial charge in [0, 0.05) is 19.2 Å². The summed E-state index contributed by atoms with van der Waals surface area (Å²) in [5, 5.41) is 0. The average molecular weight is 359 g/mol. The van der Waals surface area contributed by atoms with Gasteiger partial charge in [-0.3, -0.25) is 4.79 Å². The topological polar surface area (TPSA) is 55.8 Å². The molecule has 0 bridgehead atoms. The van der Waals surface area contributed by atoms with Crippen LogP contribution >= 0.6 is 0 Å². The molecular formula is C20H22FNO4. The van der Waals surface area contributed by atoms with Crippen molar-refractivity contribution in [3.63, 3.8) is 0 Å². The van der Waals surface area contributed by atoms with Gasteiger partial charge >= 0.3 is 5.97 Å². The van der Waals surface area contributed by atoms with Gasteiger partial charge in [0.2, 0.25) is 0 Å². The highest BCUT2D eigenvalue weighted by atomic mass is 19.1. The monoisotopic (exact) mass is 359 g/mol. The molecule has 2 rings (SSSR count). The number of esters is 1. The maximum absolute atomic E-state index is 13.6. The first kappa shape index (κ1) is 19.4. The zero-order valence-electron chi connectivity index (χ0n) is 14.9. The van der Waals surface area contributed by atoms with Gasteiger partial charge in [-0.1, -0.05) is 43.3 Å². The Hall–Kier alpha value is -2.89. The fraction of sp³-hybridized carbons (Fsp3) is 0.300. The zero-order chi connectivity index (χ0) is 18.9. The second-order valence-electron chi connectivity index (χ2n) is 5.75. The summed E-state index contributed by atoms with van der Waals surface area (Å²) in [5.74, 6) is -0.818. The highest BCUT2D eigenvalue weighted by Gasteiger charge is 2.14. The van der Waals surface area contributed by atoms with E-state index in [-0.39, 0.29) is 19.0 Å². The van der Waals surface area contributed by atoms with Crippen LogP contribution in [0.1, 0.15) is 18.1 Å². The van der Waals surface area contributed by atoms with Gasteiger partial charge in [0.25, 0.3) is 5.91 Å². The molecule has 138 valence electrons. The molecular weight excluding hydrogens is 337 g/mol. The Morgan fingerprint density at radius 1 is 1.00 bits per heavy atom. The molecule has 2 aromatic rings. The van der Waals surface area contributed by atoms with E-state index in [1.165, 1.54) is 18.0 Å². The number of hydrogen-bond acceptors (Lipinski definition) is 4. The second kappa shape index (κ2) is 9.56. The molecule has 0 spiro atoms. The van der Waals surface area contributed by atoms with E-state index in [9.17, 15) is 14.0 Å². The number of carbonyl (C=O) groups is 2. The molecule has 0 radical (unpaired) electrons. The van der Waals surface area contributed by atoms with Crippen molar-refractivity contribution >= 4 is 11.9 Å². The van der Waals surface area contributed by atoms with Crippen LogP contribution in [-0.2, 0) is 27.3 Å². The first-order valence-electron chi connectivity index (χ1n) is 8.35. The number of benzene rings is 2. The minimum atomic E-state index is -0.636. The highest BCUT2D eigenvalue weighted by Crippen LogP contribution is 2.18. The molecule has 0 atom stereocenters. The lowest BCUT2D eigenvalue weighted by Crippen LogP contribution is -2.32. The Morgan fingerprint density at radius 2 is 1.65 bits per heavy atom. The summed E-state index contributed by atoms with van der Waals surface area (Å²) < 4.78 is 24.0. The zero-order valence-corrected chi connectivity index (χ0v) is 14.9. The van der Waals surface area contributed by atoms with E-state index in [1.807, 2.05) is 25.1 Å². The van der Waals surface area contributed by atoms with Crippen LogP contribution in [0, 0.1) is 5.82 Å². The third-order valence-corrected chi connectivity index (χ3v) is 3.85. The molecule has 1 amide bonds. The van der Waals surface area contributed by atoms with Crippen molar-refractivity contribution in [3.8, 4) is 5.75 Å². The van der Waals surface area contributed by atoms with E-state index < -0.39 is 18.5 Å². The summed E-state index contributed by atoms with van der Waals surface area (Å²) in [5.41, 5.74) is 1.38. The predicted molar refractivity (Wildman–Crippen MR) is 95.1 cm³/mol. The Kier molecular flexibility index (Phi) is 7.14. The van der Waals surface area contributed by atoms with Gasteiger partial charge in [-0.15, -0.1) is 0 Å². The van der Waals surface area contributed by atoms with Crippen molar-refractivity contribution in [2.75, 3.05) is 20.3 Å². The van der Waals surface area contributed by atoms with Gasteiger partial charge in [-0.05, 0) is 24.1 Å². The molecule has 0 fully saturated rings. The van der Waals surface area contributed by atoms with Crippen molar-refractivity contribution in [2.24, 2.45) is 0 Å². The lowest BCUT2D eigenvalue weighted by molar-refractivity contribution is -0.153. The number of carbonyl (C=O) groups excluding carboxylic acids is 2. The van der Waals surface area contributed by atoms with Crippen molar-refractivity contribution in [3.05, 3.63) is 65.5 Å². The summed E-state index contributed by atoms with van der Waals surface area (Å²) in [7, 11) is 1.52. The van der Waals surface area contributed by atoms with Gasteiger partial charge in [0.15, 0.2) is 13.2 Å². The van der Waals surface area contributed by atoms with Crippen LogP contribution < -0.4 is 4.74 Å². The van der Waals surface area contributed by atoms with Crippen molar-refractivity contribution in [1.29, 1.82) is 0 Å². The van der Waals surface area contributed by atoms with Crippen LogP contribution in [0.3, 0.4) is 0 Å². The number of para-hydroxylation sites is 1. The third kappa shape index (κ3) is 5.58. The van der Waals surface area contributed by atoms with E-state index in [4.69, 9.17) is 9.47 Å². The van der Waals surface area contributed by atoms with E-state index in [1.54, 1.807) is 24.3 Å². The Bertz CT molecular complexity index is 763. The molecule has 0 saturated heterocycles. The molecule has 0 unspecified atom stereocenters. The normalized spacial score (nSPS) is 10.3. The molecule has 5 nitrogen and oxygen atoms in total. The maximum Gasteiger partial charge on any atom is 0.344 e. The Balaban J connectivity index is 1.77. The van der Waals surface area contributed by atoms with Crippen LogP contribution in [0.4, 0.5) is 4.39 Å². The Morgan fingerprint density at radius 3 is 2.35 bits per heavy atom. The van der Waals surface area contributed by atoms with E-state index >= 15 is 0 Å². The molecule has 0 aliphatic carbocycles. The first-order valence-corrected chi connectivity index (χ1v) is 8.35. The lowest BCUT2D eigenvalue weighted by atomic mass is 10.1. The molecule has 6 heteroatoms. The molecule has 0 aromatic heterocycles. The number of hydrogen-bond donors (Lipinski definition) is 0. The quantitative estimate of drug-likeness (QED) is 0.680. The maximum atomic E-state index is 13.6. The number of likely N-dealkylation sites (N-methyl/N-ethyl adjacent to an activating group) is 1. The molecule has 0 heterocycles. The largest absolute Gasteiger partial charge is 0.482 e. The molecule has 0 N–H and O–H groups in total. The van der Waals surface area contributed by atoms with Gasteiger partial charge < -0.3 is 14.4 Å². The SMILES string of the molecule is CCc1ccccc1OCC(=O)OCC(=O)N(C)Cc1ccccc1F. The average Bonchev–Trinajstić information content (AvgIpc) is 2.66. The van der Waals surface area contributed by atoms with Crippen LogP contribution in [0.2, 0.25) is 0 Å². The second-order valence-corrected chi connectivity index (χ2v) is 5.75. The number of halogens is 1. The predicted octanol–water partition coefficient (Wildman–Crippen LogP) is 2.97. The van der Waals surface area contributed by atoms with E-state index in [0.717, 1.165) is 12.0 Å². The van der Waals surface area contributed by atoms with E-state index in [0.29, 0.717) is 11.3 Å². The van der Waals surface area contributed by atoms with Crippen LogP contribution in [0.25, 0.3) is 0 Å². The third-order valence-electron chi connectivity index (χ3n) is 3.85. The summed E-state index contributed by atoms with van der Waals surface area (Å²) in [6.45, 7) is 1.40. The summed E-state index contributed by atoms with van der Waals surface area (Å²) in [6, 6.07) is 13.6. The number of rotatable bonds is 8. The van der Waals surface area contributed by atoms with Gasteiger partial charge in [-0.25, -0.2) is 9.18 Å². The fourth-order valence-corrected chi connectivity index (χ4v) is 2.34. The number of aryl methyl sites for hydroxylation is 1.